The van der Waals surface area contributed by atoms with Gasteiger partial charge in [-0.05, 0) is 38.0 Å². The number of anilines is 1. The fourth-order valence-corrected chi connectivity index (χ4v) is 4.70. The Balaban J connectivity index is 1.52. The molecule has 8 heteroatoms. The quantitative estimate of drug-likeness (QED) is 0.723. The van der Waals surface area contributed by atoms with Gasteiger partial charge in [-0.15, -0.1) is 22.7 Å². The smallest absolute Gasteiger partial charge is 0.290 e. The maximum absolute atomic E-state index is 12.8. The van der Waals surface area contributed by atoms with E-state index in [1.807, 2.05) is 29.3 Å². The average molecular weight is 387 g/mol. The van der Waals surface area contributed by atoms with Gasteiger partial charge in [0.05, 0.1) is 17.2 Å². The lowest BCUT2D eigenvalue weighted by Gasteiger charge is -2.23. The first-order chi connectivity index (χ1) is 12.6. The molecule has 4 heterocycles. The molecule has 2 amide bonds. The zero-order valence-corrected chi connectivity index (χ0v) is 15.7. The number of nitrogens with zero attached hydrogens (tertiary/aromatic N) is 2. The summed E-state index contributed by atoms with van der Waals surface area (Å²) >= 11 is 2.80. The molecule has 0 aromatic carbocycles. The van der Waals surface area contributed by atoms with Crippen molar-refractivity contribution in [1.29, 1.82) is 0 Å². The van der Waals surface area contributed by atoms with Crippen LogP contribution in [0.5, 0.6) is 0 Å². The highest BCUT2D eigenvalue weighted by Gasteiger charge is 2.33. The summed E-state index contributed by atoms with van der Waals surface area (Å²) in [7, 11) is 0. The minimum absolute atomic E-state index is 0.0154. The van der Waals surface area contributed by atoms with Crippen molar-refractivity contribution in [1.82, 2.24) is 9.88 Å². The van der Waals surface area contributed by atoms with Gasteiger partial charge in [-0.1, -0.05) is 0 Å². The molecule has 0 spiro atoms. The normalized spacial score (nSPS) is 16.8. The second-order valence-electron chi connectivity index (χ2n) is 6.08. The molecular weight excluding hydrogens is 370 g/mol. The lowest BCUT2D eigenvalue weighted by Crippen LogP contribution is -2.30. The van der Waals surface area contributed by atoms with Crippen molar-refractivity contribution in [3.8, 4) is 0 Å². The first-order valence-electron chi connectivity index (χ1n) is 8.29. The maximum atomic E-state index is 12.8. The van der Waals surface area contributed by atoms with E-state index in [-0.39, 0.29) is 17.9 Å². The summed E-state index contributed by atoms with van der Waals surface area (Å²) in [5, 5.41) is 5.18. The zero-order valence-electron chi connectivity index (χ0n) is 14.1. The summed E-state index contributed by atoms with van der Waals surface area (Å²) in [5.74, 6) is 0.140. The molecule has 1 N–H and O–H groups in total. The number of hydrogen-bond donors (Lipinski definition) is 1. The Kier molecular flexibility index (Phi) is 4.60. The molecule has 1 saturated heterocycles. The number of rotatable bonds is 4. The molecule has 1 atom stereocenters. The second kappa shape index (κ2) is 7.05. The molecule has 134 valence electrons. The first kappa shape index (κ1) is 17.0. The van der Waals surface area contributed by atoms with E-state index in [2.05, 4.69) is 10.3 Å². The molecule has 0 radical (unpaired) electrons. The third-order valence-corrected chi connectivity index (χ3v) is 6.28. The van der Waals surface area contributed by atoms with Gasteiger partial charge in [0.25, 0.3) is 11.8 Å². The molecule has 3 aromatic rings. The van der Waals surface area contributed by atoms with Crippen LogP contribution in [-0.4, -0.2) is 28.2 Å². The number of nitrogens with one attached hydrogen (secondary N) is 1. The number of carbonyl (C=O) groups excluding carboxylic acids is 2. The van der Waals surface area contributed by atoms with Crippen molar-refractivity contribution in [2.75, 3.05) is 11.9 Å². The van der Waals surface area contributed by atoms with Crippen LogP contribution in [0.2, 0.25) is 0 Å². The third-order valence-electron chi connectivity index (χ3n) is 4.40. The number of thiazole rings is 1. The van der Waals surface area contributed by atoms with Crippen LogP contribution in [0.4, 0.5) is 5.13 Å². The Labute approximate surface area is 158 Å². The van der Waals surface area contributed by atoms with Gasteiger partial charge >= 0.3 is 0 Å². The second-order valence-corrected chi connectivity index (χ2v) is 8.09. The highest BCUT2D eigenvalue weighted by atomic mass is 32.1. The highest BCUT2D eigenvalue weighted by molar-refractivity contribution is 7.15. The van der Waals surface area contributed by atoms with Crippen molar-refractivity contribution < 1.29 is 14.0 Å². The summed E-state index contributed by atoms with van der Waals surface area (Å²) in [4.78, 5) is 32.7. The lowest BCUT2D eigenvalue weighted by atomic mass is 10.1. The lowest BCUT2D eigenvalue weighted by molar-refractivity contribution is 0.0704. The van der Waals surface area contributed by atoms with Gasteiger partial charge in [-0.3, -0.25) is 14.9 Å². The molecule has 1 aliphatic rings. The van der Waals surface area contributed by atoms with Crippen LogP contribution in [0.15, 0.2) is 40.5 Å². The van der Waals surface area contributed by atoms with E-state index in [9.17, 15) is 9.59 Å². The van der Waals surface area contributed by atoms with E-state index in [1.54, 1.807) is 18.5 Å². The van der Waals surface area contributed by atoms with Gasteiger partial charge in [0.2, 0.25) is 0 Å². The number of likely N-dealkylation sites (tertiary alicyclic amines) is 1. The fourth-order valence-electron chi connectivity index (χ4n) is 3.13. The SMILES string of the molecule is Cc1ccoc1C(=O)N1CCCC1c1ccc(C(=O)Nc2nccs2)s1. The largest absolute Gasteiger partial charge is 0.459 e. The molecule has 1 fully saturated rings. The van der Waals surface area contributed by atoms with Crippen LogP contribution in [-0.2, 0) is 0 Å². The summed E-state index contributed by atoms with van der Waals surface area (Å²) in [6.07, 6.45) is 5.02. The van der Waals surface area contributed by atoms with Crippen molar-refractivity contribution >= 4 is 39.6 Å². The van der Waals surface area contributed by atoms with E-state index in [1.165, 1.54) is 22.7 Å². The summed E-state index contributed by atoms with van der Waals surface area (Å²) in [6.45, 7) is 2.57. The van der Waals surface area contributed by atoms with Crippen molar-refractivity contribution in [3.05, 3.63) is 57.1 Å². The van der Waals surface area contributed by atoms with Crippen molar-refractivity contribution in [2.24, 2.45) is 0 Å². The van der Waals surface area contributed by atoms with E-state index < -0.39 is 0 Å². The Morgan fingerprint density at radius 3 is 2.96 bits per heavy atom. The van der Waals surface area contributed by atoms with E-state index in [0.29, 0.717) is 22.3 Å². The van der Waals surface area contributed by atoms with Gasteiger partial charge in [0, 0.05) is 28.6 Å². The molecule has 26 heavy (non-hydrogen) atoms. The summed E-state index contributed by atoms with van der Waals surface area (Å²) in [6, 6.07) is 5.53. The molecule has 1 aliphatic heterocycles. The average Bonchev–Trinajstić information content (AvgIpc) is 3.40. The molecular formula is C18H17N3O3S2. The van der Waals surface area contributed by atoms with Gasteiger partial charge in [0.1, 0.15) is 0 Å². The molecule has 3 aromatic heterocycles. The van der Waals surface area contributed by atoms with Crippen LogP contribution in [0.25, 0.3) is 0 Å². The number of aryl methyl sites for hydroxylation is 1. The number of carbonyl (C=O) groups is 2. The number of hydrogen-bond acceptors (Lipinski definition) is 6. The highest BCUT2D eigenvalue weighted by Crippen LogP contribution is 2.37. The monoisotopic (exact) mass is 387 g/mol. The summed E-state index contributed by atoms with van der Waals surface area (Å²) < 4.78 is 5.37. The predicted molar refractivity (Wildman–Crippen MR) is 101 cm³/mol. The maximum Gasteiger partial charge on any atom is 0.290 e. The van der Waals surface area contributed by atoms with E-state index in [4.69, 9.17) is 4.42 Å². The number of aromatic nitrogens is 1. The molecule has 0 aliphatic carbocycles. The van der Waals surface area contributed by atoms with Crippen molar-refractivity contribution in [2.45, 2.75) is 25.8 Å². The zero-order chi connectivity index (χ0) is 18.1. The fraction of sp³-hybridized carbons (Fsp3) is 0.278. The topological polar surface area (TPSA) is 75.4 Å². The van der Waals surface area contributed by atoms with Gasteiger partial charge < -0.3 is 9.32 Å². The summed E-state index contributed by atoms with van der Waals surface area (Å²) in [5.41, 5.74) is 0.843. The first-order valence-corrected chi connectivity index (χ1v) is 9.99. The van der Waals surface area contributed by atoms with Crippen LogP contribution in [0, 0.1) is 6.92 Å². The van der Waals surface area contributed by atoms with E-state index >= 15 is 0 Å². The Hall–Kier alpha value is -2.45. The number of amides is 2. The number of furan rings is 1. The minimum atomic E-state index is -0.172. The van der Waals surface area contributed by atoms with Crippen LogP contribution in [0.1, 0.15) is 49.6 Å². The van der Waals surface area contributed by atoms with Gasteiger partial charge in [-0.2, -0.15) is 0 Å². The number of thiophene rings is 1. The molecule has 0 bridgehead atoms. The van der Waals surface area contributed by atoms with Crippen LogP contribution >= 0.6 is 22.7 Å². The third kappa shape index (κ3) is 3.17. The molecule has 0 saturated carbocycles. The molecule has 1 unspecified atom stereocenters. The van der Waals surface area contributed by atoms with E-state index in [0.717, 1.165) is 23.3 Å². The van der Waals surface area contributed by atoms with Crippen LogP contribution in [0.3, 0.4) is 0 Å². The minimum Gasteiger partial charge on any atom is -0.459 e. The standard InChI is InChI=1S/C18H17N3O3S2/c1-11-6-9-24-15(11)17(23)21-8-2-3-12(21)13-4-5-14(26-13)16(22)20-18-19-7-10-25-18/h4-7,9-10,12H,2-3,8H2,1H3,(H,19,20,22). The predicted octanol–water partition coefficient (Wildman–Crippen LogP) is 4.34. The van der Waals surface area contributed by atoms with Gasteiger partial charge in [0.15, 0.2) is 10.9 Å². The Bertz CT molecular complexity index is 929. The Morgan fingerprint density at radius 1 is 1.35 bits per heavy atom. The van der Waals surface area contributed by atoms with Gasteiger partial charge in [-0.25, -0.2) is 4.98 Å². The molecule has 6 nitrogen and oxygen atoms in total. The molecule has 4 rings (SSSR count). The Morgan fingerprint density at radius 2 is 2.23 bits per heavy atom. The van der Waals surface area contributed by atoms with Crippen LogP contribution < -0.4 is 5.32 Å². The van der Waals surface area contributed by atoms with Crippen molar-refractivity contribution in [3.63, 3.8) is 0 Å².